The van der Waals surface area contributed by atoms with Crippen molar-refractivity contribution >= 4 is 17.9 Å². The third-order valence-corrected chi connectivity index (χ3v) is 6.35. The summed E-state index contributed by atoms with van der Waals surface area (Å²) >= 11 is 0. The summed E-state index contributed by atoms with van der Waals surface area (Å²) in [5.74, 6) is -0.159. The standard InChI is InChI=1S/C25H24N4O4/c30-24(31)22-12-27-23(13-26-22)29-10-9-16(14-29)11-28-25(32)33-15-21-19-7-3-1-5-17(19)18-6-2-4-8-20(18)21/h1-8,12-13,16,21H,9-11,14-15H2,(H,28,32)(H,30,31). The van der Waals surface area contributed by atoms with E-state index in [1.807, 2.05) is 29.2 Å². The predicted octanol–water partition coefficient (Wildman–Crippen LogP) is 3.54. The summed E-state index contributed by atoms with van der Waals surface area (Å²) in [4.78, 5) is 33.5. The molecule has 33 heavy (non-hydrogen) atoms. The third kappa shape index (κ3) is 4.24. The normalized spacial score (nSPS) is 16.8. The van der Waals surface area contributed by atoms with Crippen LogP contribution in [0.5, 0.6) is 0 Å². The highest BCUT2D eigenvalue weighted by Gasteiger charge is 2.29. The number of hydrogen-bond donors (Lipinski definition) is 2. The quantitative estimate of drug-likeness (QED) is 0.599. The maximum atomic E-state index is 12.4. The van der Waals surface area contributed by atoms with E-state index in [1.54, 1.807) is 0 Å². The van der Waals surface area contributed by atoms with Crippen molar-refractivity contribution in [2.45, 2.75) is 12.3 Å². The fourth-order valence-corrected chi connectivity index (χ4v) is 4.68. The first-order chi connectivity index (χ1) is 16.1. The number of nitrogens with zero attached hydrogens (tertiary/aromatic N) is 3. The molecule has 2 N–H and O–H groups in total. The van der Waals surface area contributed by atoms with Gasteiger partial charge < -0.3 is 20.1 Å². The van der Waals surface area contributed by atoms with E-state index in [1.165, 1.54) is 34.6 Å². The number of carbonyl (C=O) groups excluding carboxylic acids is 1. The number of benzene rings is 2. The van der Waals surface area contributed by atoms with Crippen LogP contribution in [-0.4, -0.2) is 53.4 Å². The second-order valence-electron chi connectivity index (χ2n) is 8.37. The van der Waals surface area contributed by atoms with Crippen molar-refractivity contribution in [3.8, 4) is 11.1 Å². The van der Waals surface area contributed by atoms with E-state index in [9.17, 15) is 9.59 Å². The lowest BCUT2D eigenvalue weighted by Gasteiger charge is -2.18. The molecule has 168 valence electrons. The van der Waals surface area contributed by atoms with Crippen LogP contribution in [0.2, 0.25) is 0 Å². The third-order valence-electron chi connectivity index (χ3n) is 6.35. The number of nitrogens with one attached hydrogen (secondary N) is 1. The Labute approximate surface area is 191 Å². The summed E-state index contributed by atoms with van der Waals surface area (Å²) in [6.45, 7) is 2.29. The average molecular weight is 444 g/mol. The zero-order chi connectivity index (χ0) is 22.8. The van der Waals surface area contributed by atoms with Gasteiger partial charge in [0.1, 0.15) is 12.4 Å². The number of aromatic nitrogens is 2. The minimum absolute atomic E-state index is 0.0393. The molecule has 2 heterocycles. The van der Waals surface area contributed by atoms with Crippen LogP contribution < -0.4 is 10.2 Å². The Morgan fingerprint density at radius 3 is 2.36 bits per heavy atom. The Morgan fingerprint density at radius 1 is 1.03 bits per heavy atom. The topological polar surface area (TPSA) is 105 Å². The summed E-state index contributed by atoms with van der Waals surface area (Å²) in [6.07, 6.45) is 3.22. The summed E-state index contributed by atoms with van der Waals surface area (Å²) in [5.41, 5.74) is 4.70. The van der Waals surface area contributed by atoms with Gasteiger partial charge in [-0.3, -0.25) is 0 Å². The second-order valence-corrected chi connectivity index (χ2v) is 8.37. The van der Waals surface area contributed by atoms with Gasteiger partial charge in [-0.15, -0.1) is 0 Å². The molecule has 5 rings (SSSR count). The van der Waals surface area contributed by atoms with Gasteiger partial charge in [-0.25, -0.2) is 19.6 Å². The van der Waals surface area contributed by atoms with E-state index in [-0.39, 0.29) is 17.5 Å². The van der Waals surface area contributed by atoms with Crippen LogP contribution in [0, 0.1) is 5.92 Å². The predicted molar refractivity (Wildman–Crippen MR) is 122 cm³/mol. The number of anilines is 1. The van der Waals surface area contributed by atoms with Crippen molar-refractivity contribution in [3.05, 3.63) is 77.7 Å². The van der Waals surface area contributed by atoms with Crippen LogP contribution in [0.4, 0.5) is 10.6 Å². The molecule has 2 aliphatic rings. The minimum atomic E-state index is -1.10. The van der Waals surface area contributed by atoms with Gasteiger partial charge in [-0.2, -0.15) is 0 Å². The lowest BCUT2D eigenvalue weighted by molar-refractivity contribution is 0.0690. The highest BCUT2D eigenvalue weighted by Crippen LogP contribution is 2.44. The number of rotatable bonds is 6. The van der Waals surface area contributed by atoms with E-state index in [4.69, 9.17) is 9.84 Å². The monoisotopic (exact) mass is 444 g/mol. The minimum Gasteiger partial charge on any atom is -0.476 e. The molecule has 2 aromatic carbocycles. The van der Waals surface area contributed by atoms with Crippen LogP contribution in [0.15, 0.2) is 60.9 Å². The Balaban J connectivity index is 1.13. The zero-order valence-corrected chi connectivity index (χ0v) is 18.0. The fraction of sp³-hybridized carbons (Fsp3) is 0.280. The van der Waals surface area contributed by atoms with Crippen molar-refractivity contribution in [3.63, 3.8) is 0 Å². The lowest BCUT2D eigenvalue weighted by Crippen LogP contribution is -2.32. The van der Waals surface area contributed by atoms with E-state index < -0.39 is 12.1 Å². The largest absolute Gasteiger partial charge is 0.476 e. The van der Waals surface area contributed by atoms with Crippen molar-refractivity contribution in [1.29, 1.82) is 0 Å². The van der Waals surface area contributed by atoms with Crippen molar-refractivity contribution < 1.29 is 19.4 Å². The van der Waals surface area contributed by atoms with E-state index in [2.05, 4.69) is 39.6 Å². The van der Waals surface area contributed by atoms with Crippen molar-refractivity contribution in [2.75, 3.05) is 31.1 Å². The maximum Gasteiger partial charge on any atom is 0.407 e. The molecule has 1 aromatic heterocycles. The smallest absolute Gasteiger partial charge is 0.407 e. The number of ether oxygens (including phenoxy) is 1. The molecule has 3 aromatic rings. The number of fused-ring (bicyclic) bond motifs is 3. The SMILES string of the molecule is O=C(NCC1CCN(c2cnc(C(=O)O)cn2)C1)OCC1c2ccccc2-c2ccccc21. The van der Waals surface area contributed by atoms with Crippen molar-refractivity contribution in [1.82, 2.24) is 15.3 Å². The fourth-order valence-electron chi connectivity index (χ4n) is 4.68. The first-order valence-corrected chi connectivity index (χ1v) is 11.0. The second kappa shape index (κ2) is 8.90. The van der Waals surface area contributed by atoms with Gasteiger partial charge in [0.2, 0.25) is 0 Å². The van der Waals surface area contributed by atoms with E-state index in [0.717, 1.165) is 13.0 Å². The Bertz CT molecular complexity index is 1140. The highest BCUT2D eigenvalue weighted by atomic mass is 16.5. The van der Waals surface area contributed by atoms with Gasteiger partial charge in [0, 0.05) is 25.6 Å². The molecule has 8 heteroatoms. The number of aromatic carboxylic acids is 1. The summed E-state index contributed by atoms with van der Waals surface area (Å²) in [5, 5.41) is 11.8. The molecule has 1 aliphatic heterocycles. The molecule has 0 spiro atoms. The van der Waals surface area contributed by atoms with Crippen LogP contribution in [0.3, 0.4) is 0 Å². The first-order valence-electron chi connectivity index (χ1n) is 11.0. The van der Waals surface area contributed by atoms with Crippen LogP contribution in [0.25, 0.3) is 11.1 Å². The number of amides is 1. The molecule has 1 aliphatic carbocycles. The number of alkyl carbamates (subject to hydrolysis) is 1. The van der Waals surface area contributed by atoms with Crippen LogP contribution in [-0.2, 0) is 4.74 Å². The number of carboxylic acid groups (broad SMARTS) is 1. The molecule has 0 saturated carbocycles. The van der Waals surface area contributed by atoms with Crippen LogP contribution in [0.1, 0.15) is 34.0 Å². The summed E-state index contributed by atoms with van der Waals surface area (Å²) in [7, 11) is 0. The number of carbonyl (C=O) groups is 2. The van der Waals surface area contributed by atoms with Gasteiger partial charge in [-0.1, -0.05) is 48.5 Å². The lowest BCUT2D eigenvalue weighted by atomic mass is 9.98. The molecule has 0 radical (unpaired) electrons. The number of hydrogen-bond acceptors (Lipinski definition) is 6. The molecule has 1 unspecified atom stereocenters. The molecule has 1 saturated heterocycles. The number of carboxylic acids is 1. The summed E-state index contributed by atoms with van der Waals surface area (Å²) in [6, 6.07) is 16.5. The van der Waals surface area contributed by atoms with Gasteiger partial charge in [-0.05, 0) is 34.6 Å². The van der Waals surface area contributed by atoms with Gasteiger partial charge in [0.15, 0.2) is 5.69 Å². The van der Waals surface area contributed by atoms with Crippen molar-refractivity contribution in [2.24, 2.45) is 5.92 Å². The van der Waals surface area contributed by atoms with Gasteiger partial charge >= 0.3 is 12.1 Å². The summed E-state index contributed by atoms with van der Waals surface area (Å²) < 4.78 is 5.60. The molecule has 8 nitrogen and oxygen atoms in total. The Hall–Kier alpha value is -3.94. The average Bonchev–Trinajstić information content (AvgIpc) is 3.44. The van der Waals surface area contributed by atoms with Gasteiger partial charge in [0.25, 0.3) is 0 Å². The first kappa shape index (κ1) is 20.9. The Kier molecular flexibility index (Phi) is 5.64. The van der Waals surface area contributed by atoms with Crippen LogP contribution >= 0.6 is 0 Å². The Morgan fingerprint density at radius 2 is 1.73 bits per heavy atom. The molecule has 0 bridgehead atoms. The zero-order valence-electron chi connectivity index (χ0n) is 18.0. The molecular formula is C25H24N4O4. The van der Waals surface area contributed by atoms with E-state index in [0.29, 0.717) is 25.5 Å². The maximum absolute atomic E-state index is 12.4. The molecule has 1 atom stereocenters. The molecular weight excluding hydrogens is 420 g/mol. The molecule has 1 fully saturated rings. The molecule has 1 amide bonds. The van der Waals surface area contributed by atoms with Gasteiger partial charge in [0.05, 0.1) is 12.4 Å². The van der Waals surface area contributed by atoms with E-state index >= 15 is 0 Å². The highest BCUT2D eigenvalue weighted by molar-refractivity contribution is 5.85.